The molecule has 2 aliphatic rings. The topological polar surface area (TPSA) is 85.8 Å². The van der Waals surface area contributed by atoms with Crippen molar-refractivity contribution >= 4 is 45.0 Å². The lowest BCUT2D eigenvalue weighted by Crippen LogP contribution is -2.28. The highest BCUT2D eigenvalue weighted by Crippen LogP contribution is 2.58. The Kier molecular flexibility index (Phi) is 6.08. The van der Waals surface area contributed by atoms with Crippen molar-refractivity contribution in [2.45, 2.75) is 43.3 Å². The zero-order valence-corrected chi connectivity index (χ0v) is 22.4. The molecule has 0 bridgehead atoms. The van der Waals surface area contributed by atoms with E-state index in [0.717, 1.165) is 17.3 Å². The first-order valence-corrected chi connectivity index (χ1v) is 13.2. The molecule has 196 valence electrons. The largest absolute Gasteiger partial charge is 0.418 e. The average molecular weight is 627 g/mol. The smallest absolute Gasteiger partial charge is 0.403 e. The maximum atomic E-state index is 13.7. The van der Waals surface area contributed by atoms with Crippen molar-refractivity contribution < 1.29 is 22.4 Å². The van der Waals surface area contributed by atoms with Crippen LogP contribution in [0.4, 0.5) is 13.2 Å². The van der Waals surface area contributed by atoms with Crippen molar-refractivity contribution in [2.75, 3.05) is 0 Å². The lowest BCUT2D eigenvalue weighted by molar-refractivity contribution is -0.165. The zero-order valence-electron chi connectivity index (χ0n) is 19.3. The standard InChI is InChI=1S/C25H17BrCl2F3N5O2/c26-13-3-1-12(2-4-13)20-18(21(37)32-15-6-7-15)19(35-36(20)17-8-5-14(27)11-16(17)28)22-33-34-23(38-22)24(9-10-24)25(29,30)31/h1-5,8,11,15H,6-7,9-10H2,(H,32,37). The third-order valence-electron chi connectivity index (χ3n) is 6.61. The summed E-state index contributed by atoms with van der Waals surface area (Å²) in [6.07, 6.45) is -3.19. The number of nitrogens with zero attached hydrogens (tertiary/aromatic N) is 4. The van der Waals surface area contributed by atoms with E-state index in [-0.39, 0.29) is 41.1 Å². The number of amides is 1. The number of aromatic nitrogens is 4. The molecule has 13 heteroatoms. The Bertz CT molecular complexity index is 1560. The van der Waals surface area contributed by atoms with Crippen LogP contribution in [0, 0.1) is 0 Å². The van der Waals surface area contributed by atoms with E-state index in [4.69, 9.17) is 27.6 Å². The van der Waals surface area contributed by atoms with Gasteiger partial charge in [0.2, 0.25) is 5.89 Å². The summed E-state index contributed by atoms with van der Waals surface area (Å²) in [7, 11) is 0. The van der Waals surface area contributed by atoms with Crippen molar-refractivity contribution in [1.82, 2.24) is 25.3 Å². The number of carbonyl (C=O) groups is 1. The van der Waals surface area contributed by atoms with Gasteiger partial charge in [-0.25, -0.2) is 4.68 Å². The van der Waals surface area contributed by atoms with Crippen LogP contribution in [-0.2, 0) is 5.41 Å². The highest BCUT2D eigenvalue weighted by Gasteiger charge is 2.68. The number of carbonyl (C=O) groups excluding carboxylic acids is 1. The quantitative estimate of drug-likeness (QED) is 0.246. The van der Waals surface area contributed by atoms with Crippen LogP contribution in [0.15, 0.2) is 51.4 Å². The van der Waals surface area contributed by atoms with E-state index in [1.807, 2.05) is 0 Å². The highest BCUT2D eigenvalue weighted by atomic mass is 79.9. The summed E-state index contributed by atoms with van der Waals surface area (Å²) in [5, 5.41) is 15.8. The molecular formula is C25H17BrCl2F3N5O2. The minimum Gasteiger partial charge on any atom is -0.418 e. The number of rotatable bonds is 6. The molecule has 2 saturated carbocycles. The summed E-state index contributed by atoms with van der Waals surface area (Å²) in [6.45, 7) is 0. The van der Waals surface area contributed by atoms with Gasteiger partial charge >= 0.3 is 6.18 Å². The summed E-state index contributed by atoms with van der Waals surface area (Å²) in [5.74, 6) is -1.30. The molecule has 0 atom stereocenters. The Morgan fingerprint density at radius 1 is 1.11 bits per heavy atom. The Morgan fingerprint density at radius 3 is 2.42 bits per heavy atom. The van der Waals surface area contributed by atoms with Crippen molar-refractivity contribution in [1.29, 1.82) is 0 Å². The molecule has 38 heavy (non-hydrogen) atoms. The second-order valence-corrected chi connectivity index (χ2v) is 11.1. The van der Waals surface area contributed by atoms with Crippen molar-refractivity contribution in [3.05, 3.63) is 68.4 Å². The summed E-state index contributed by atoms with van der Waals surface area (Å²) in [5.41, 5.74) is -0.791. The molecule has 1 N–H and O–H groups in total. The van der Waals surface area contributed by atoms with E-state index in [1.165, 1.54) is 10.7 Å². The molecule has 2 heterocycles. The van der Waals surface area contributed by atoms with Gasteiger partial charge in [0.15, 0.2) is 5.69 Å². The third kappa shape index (κ3) is 4.40. The number of halogens is 6. The van der Waals surface area contributed by atoms with Crippen LogP contribution >= 0.6 is 39.1 Å². The fourth-order valence-electron chi connectivity index (χ4n) is 4.23. The summed E-state index contributed by atoms with van der Waals surface area (Å²) in [4.78, 5) is 13.6. The molecule has 0 unspecified atom stereocenters. The molecule has 2 aliphatic carbocycles. The summed E-state index contributed by atoms with van der Waals surface area (Å²) >= 11 is 16.0. The van der Waals surface area contributed by atoms with Gasteiger partial charge in [0.25, 0.3) is 11.8 Å². The second-order valence-electron chi connectivity index (χ2n) is 9.33. The molecule has 7 nitrogen and oxygen atoms in total. The Hall–Kier alpha value is -2.89. The van der Waals surface area contributed by atoms with Crippen LogP contribution in [0.3, 0.4) is 0 Å². The molecule has 0 radical (unpaired) electrons. The first-order valence-electron chi connectivity index (χ1n) is 11.6. The van der Waals surface area contributed by atoms with E-state index in [1.54, 1.807) is 36.4 Å². The van der Waals surface area contributed by atoms with E-state index >= 15 is 0 Å². The zero-order chi connectivity index (χ0) is 26.8. The van der Waals surface area contributed by atoms with Gasteiger partial charge in [0.05, 0.1) is 22.0 Å². The van der Waals surface area contributed by atoms with Crippen LogP contribution in [-0.4, -0.2) is 38.1 Å². The monoisotopic (exact) mass is 625 g/mol. The van der Waals surface area contributed by atoms with Crippen molar-refractivity contribution in [2.24, 2.45) is 0 Å². The number of nitrogens with one attached hydrogen (secondary N) is 1. The number of benzene rings is 2. The molecule has 4 aromatic rings. The van der Waals surface area contributed by atoms with Crippen LogP contribution < -0.4 is 5.32 Å². The minimum absolute atomic E-state index is 0.00574. The first-order chi connectivity index (χ1) is 18.1. The van der Waals surface area contributed by atoms with E-state index in [0.29, 0.717) is 22.0 Å². The van der Waals surface area contributed by atoms with E-state index < -0.39 is 23.4 Å². The SMILES string of the molecule is O=C(NC1CC1)c1c(-c2nnc(C3(C(F)(F)F)CC3)o2)nn(-c2ccc(Cl)cc2Cl)c1-c1ccc(Br)cc1. The fourth-order valence-corrected chi connectivity index (χ4v) is 4.98. The average Bonchev–Trinajstić information content (AvgIpc) is 3.76. The van der Waals surface area contributed by atoms with Gasteiger partial charge in [-0.1, -0.05) is 51.3 Å². The molecule has 2 aromatic heterocycles. The molecule has 0 saturated heterocycles. The van der Waals surface area contributed by atoms with Gasteiger partial charge in [-0.3, -0.25) is 4.79 Å². The van der Waals surface area contributed by atoms with Crippen molar-refractivity contribution in [3.63, 3.8) is 0 Å². The number of hydrogen-bond donors (Lipinski definition) is 1. The van der Waals surface area contributed by atoms with Gasteiger partial charge in [-0.2, -0.15) is 18.3 Å². The predicted octanol–water partition coefficient (Wildman–Crippen LogP) is 7.14. The molecule has 1 amide bonds. The van der Waals surface area contributed by atoms with Crippen LogP contribution in [0.5, 0.6) is 0 Å². The number of hydrogen-bond acceptors (Lipinski definition) is 5. The van der Waals surface area contributed by atoms with Gasteiger partial charge in [-0.15, -0.1) is 10.2 Å². The van der Waals surface area contributed by atoms with Crippen molar-refractivity contribution in [3.8, 4) is 28.5 Å². The van der Waals surface area contributed by atoms with E-state index in [2.05, 4.69) is 36.5 Å². The Morgan fingerprint density at radius 2 is 1.82 bits per heavy atom. The van der Waals surface area contributed by atoms with Gasteiger partial charge < -0.3 is 9.73 Å². The molecule has 2 aromatic carbocycles. The van der Waals surface area contributed by atoms with E-state index in [9.17, 15) is 18.0 Å². The van der Waals surface area contributed by atoms with Gasteiger partial charge in [0.1, 0.15) is 5.41 Å². The molecule has 6 rings (SSSR count). The third-order valence-corrected chi connectivity index (χ3v) is 7.68. The van der Waals surface area contributed by atoms with Crippen LogP contribution in [0.25, 0.3) is 28.5 Å². The Labute approximate surface area is 232 Å². The lowest BCUT2D eigenvalue weighted by Gasteiger charge is -2.14. The van der Waals surface area contributed by atoms with Crippen LogP contribution in [0.2, 0.25) is 10.0 Å². The fraction of sp³-hybridized carbons (Fsp3) is 0.280. The van der Waals surface area contributed by atoms with Crippen LogP contribution in [0.1, 0.15) is 41.9 Å². The minimum atomic E-state index is -4.54. The second kappa shape index (κ2) is 9.10. The number of alkyl halides is 3. The summed E-state index contributed by atoms with van der Waals surface area (Å²) < 4.78 is 49.0. The summed E-state index contributed by atoms with van der Waals surface area (Å²) in [6, 6.07) is 11.9. The molecular weight excluding hydrogens is 610 g/mol. The molecule has 0 aliphatic heterocycles. The van der Waals surface area contributed by atoms with Gasteiger partial charge in [-0.05, 0) is 56.0 Å². The van der Waals surface area contributed by atoms with Gasteiger partial charge in [0, 0.05) is 21.1 Å². The maximum absolute atomic E-state index is 13.7. The Balaban J connectivity index is 1.59. The molecule has 0 spiro atoms. The first kappa shape index (κ1) is 25.4. The normalized spacial score (nSPS) is 16.5. The maximum Gasteiger partial charge on any atom is 0.403 e. The predicted molar refractivity (Wildman–Crippen MR) is 137 cm³/mol. The lowest BCUT2D eigenvalue weighted by atomic mass is 10.0. The molecule has 2 fully saturated rings. The highest BCUT2D eigenvalue weighted by molar-refractivity contribution is 9.10.